The summed E-state index contributed by atoms with van der Waals surface area (Å²) in [5, 5.41) is 10.6. The van der Waals surface area contributed by atoms with Crippen LogP contribution in [0.15, 0.2) is 0 Å². The normalized spacial score (nSPS) is 24.3. The monoisotopic (exact) mass is 173 g/mol. The minimum atomic E-state index is -0.838. The lowest BCUT2D eigenvalue weighted by Gasteiger charge is -2.18. The summed E-state index contributed by atoms with van der Waals surface area (Å²) in [6, 6.07) is 0. The summed E-state index contributed by atoms with van der Waals surface area (Å²) in [5.74, 6) is 0. The van der Waals surface area contributed by atoms with Gasteiger partial charge < -0.3 is 4.74 Å². The number of nitrogens with zero attached hydrogens (tertiary/aromatic N) is 1. The molecule has 1 fully saturated rings. The topological polar surface area (TPSA) is 52.4 Å². The Morgan fingerprint density at radius 1 is 1.67 bits per heavy atom. The van der Waals surface area contributed by atoms with Gasteiger partial charge in [0.15, 0.2) is 0 Å². The molecule has 0 spiro atoms. The molecule has 0 radical (unpaired) electrons. The quantitative estimate of drug-likeness (QED) is 0.481. The molecule has 1 atom stereocenters. The highest BCUT2D eigenvalue weighted by molar-refractivity contribution is 4.75. The summed E-state index contributed by atoms with van der Waals surface area (Å²) in [6.45, 7) is 4.06. The van der Waals surface area contributed by atoms with Crippen molar-refractivity contribution in [2.45, 2.75) is 44.8 Å². The van der Waals surface area contributed by atoms with Crippen LogP contribution in [0, 0.1) is 10.1 Å². The minimum absolute atomic E-state index is 0.102. The van der Waals surface area contributed by atoms with E-state index in [9.17, 15) is 10.1 Å². The van der Waals surface area contributed by atoms with Crippen molar-refractivity contribution < 1.29 is 9.66 Å². The smallest absolute Gasteiger partial charge is 0.219 e. The maximum absolute atomic E-state index is 10.6. The molecule has 1 saturated heterocycles. The molecule has 4 heteroatoms. The molecule has 70 valence electrons. The van der Waals surface area contributed by atoms with E-state index < -0.39 is 5.54 Å². The van der Waals surface area contributed by atoms with Crippen molar-refractivity contribution in [3.8, 4) is 0 Å². The van der Waals surface area contributed by atoms with Crippen molar-refractivity contribution in [1.82, 2.24) is 0 Å². The second-order valence-corrected chi connectivity index (χ2v) is 3.91. The van der Waals surface area contributed by atoms with E-state index >= 15 is 0 Å². The van der Waals surface area contributed by atoms with E-state index in [0.29, 0.717) is 6.42 Å². The first-order chi connectivity index (χ1) is 5.52. The molecular formula is C8H15NO3. The van der Waals surface area contributed by atoms with Gasteiger partial charge in [0.25, 0.3) is 0 Å². The van der Waals surface area contributed by atoms with Gasteiger partial charge >= 0.3 is 0 Å². The number of hydrogen-bond acceptors (Lipinski definition) is 3. The van der Waals surface area contributed by atoms with E-state index in [1.807, 2.05) is 0 Å². The molecule has 1 unspecified atom stereocenters. The fraction of sp³-hybridized carbons (Fsp3) is 1.00. The summed E-state index contributed by atoms with van der Waals surface area (Å²) in [4.78, 5) is 10.3. The third-order valence-corrected chi connectivity index (χ3v) is 2.25. The van der Waals surface area contributed by atoms with Gasteiger partial charge in [-0.3, -0.25) is 10.1 Å². The van der Waals surface area contributed by atoms with E-state index in [4.69, 9.17) is 4.74 Å². The van der Waals surface area contributed by atoms with Crippen LogP contribution in [0.4, 0.5) is 0 Å². The number of hydrogen-bond donors (Lipinski definition) is 0. The second kappa shape index (κ2) is 3.39. The molecule has 0 saturated carbocycles. The summed E-state index contributed by atoms with van der Waals surface area (Å²) in [7, 11) is 0. The largest absolute Gasteiger partial charge is 0.378 e. The first kappa shape index (κ1) is 9.45. The lowest BCUT2D eigenvalue weighted by molar-refractivity contribution is -0.563. The van der Waals surface area contributed by atoms with E-state index in [2.05, 4.69) is 0 Å². The van der Waals surface area contributed by atoms with Gasteiger partial charge in [0.1, 0.15) is 0 Å². The summed E-state index contributed by atoms with van der Waals surface area (Å²) >= 11 is 0. The van der Waals surface area contributed by atoms with Crippen molar-refractivity contribution in [3.63, 3.8) is 0 Å². The van der Waals surface area contributed by atoms with Crippen molar-refractivity contribution in [1.29, 1.82) is 0 Å². The number of nitro groups is 1. The van der Waals surface area contributed by atoms with Crippen LogP contribution in [0.2, 0.25) is 0 Å². The maximum atomic E-state index is 10.6. The lowest BCUT2D eigenvalue weighted by atomic mass is 9.96. The fourth-order valence-electron chi connectivity index (χ4n) is 1.44. The zero-order valence-corrected chi connectivity index (χ0v) is 7.58. The zero-order chi connectivity index (χ0) is 9.19. The predicted molar refractivity (Wildman–Crippen MR) is 44.7 cm³/mol. The molecule has 0 amide bonds. The standard InChI is InChI=1S/C8H15NO3/c1-8(2,9(10)11)6-7-4-3-5-12-7/h7H,3-6H2,1-2H3. The molecule has 0 N–H and O–H groups in total. The van der Waals surface area contributed by atoms with Gasteiger partial charge in [-0.05, 0) is 12.8 Å². The van der Waals surface area contributed by atoms with Crippen molar-refractivity contribution in [3.05, 3.63) is 10.1 Å². The predicted octanol–water partition coefficient (Wildman–Crippen LogP) is 1.61. The minimum Gasteiger partial charge on any atom is -0.378 e. The Balaban J connectivity index is 2.42. The molecule has 1 aliphatic heterocycles. The SMILES string of the molecule is CC(C)(CC1CCCO1)[N+](=O)[O-]. The first-order valence-electron chi connectivity index (χ1n) is 4.28. The van der Waals surface area contributed by atoms with Crippen LogP contribution < -0.4 is 0 Å². The molecule has 0 aromatic rings. The van der Waals surface area contributed by atoms with Crippen LogP contribution in [-0.2, 0) is 4.74 Å². The molecule has 12 heavy (non-hydrogen) atoms. The third-order valence-electron chi connectivity index (χ3n) is 2.25. The molecule has 0 aliphatic carbocycles. The van der Waals surface area contributed by atoms with Crippen molar-refractivity contribution in [2.24, 2.45) is 0 Å². The van der Waals surface area contributed by atoms with E-state index in [0.717, 1.165) is 19.4 Å². The Morgan fingerprint density at radius 3 is 2.75 bits per heavy atom. The summed E-state index contributed by atoms with van der Waals surface area (Å²) < 4.78 is 5.33. The van der Waals surface area contributed by atoms with Crippen LogP contribution in [0.5, 0.6) is 0 Å². The Morgan fingerprint density at radius 2 is 2.33 bits per heavy atom. The highest BCUT2D eigenvalue weighted by atomic mass is 16.6. The van der Waals surface area contributed by atoms with E-state index in [1.165, 1.54) is 0 Å². The van der Waals surface area contributed by atoms with Gasteiger partial charge in [0.2, 0.25) is 5.54 Å². The average molecular weight is 173 g/mol. The van der Waals surface area contributed by atoms with Crippen LogP contribution in [0.3, 0.4) is 0 Å². The van der Waals surface area contributed by atoms with Crippen molar-refractivity contribution in [2.75, 3.05) is 6.61 Å². The molecular weight excluding hydrogens is 158 g/mol. The fourth-order valence-corrected chi connectivity index (χ4v) is 1.44. The van der Waals surface area contributed by atoms with Crippen LogP contribution in [-0.4, -0.2) is 23.2 Å². The Kier molecular flexibility index (Phi) is 2.67. The number of rotatable bonds is 3. The van der Waals surface area contributed by atoms with Gasteiger partial charge in [0.05, 0.1) is 6.10 Å². The molecule has 0 aromatic heterocycles. The highest BCUT2D eigenvalue weighted by Gasteiger charge is 2.35. The Hall–Kier alpha value is -0.640. The van der Waals surface area contributed by atoms with Gasteiger partial charge in [-0.1, -0.05) is 0 Å². The first-order valence-corrected chi connectivity index (χ1v) is 4.28. The molecule has 1 heterocycles. The van der Waals surface area contributed by atoms with E-state index in [1.54, 1.807) is 13.8 Å². The Bertz CT molecular complexity index is 173. The van der Waals surface area contributed by atoms with Gasteiger partial charge in [-0.25, -0.2) is 0 Å². The maximum Gasteiger partial charge on any atom is 0.219 e. The molecule has 1 aliphatic rings. The van der Waals surface area contributed by atoms with Crippen LogP contribution in [0.1, 0.15) is 33.1 Å². The van der Waals surface area contributed by atoms with Gasteiger partial charge in [-0.15, -0.1) is 0 Å². The number of ether oxygens (including phenoxy) is 1. The second-order valence-electron chi connectivity index (χ2n) is 3.91. The summed E-state index contributed by atoms with van der Waals surface area (Å²) in [5.41, 5.74) is -0.838. The molecule has 0 aromatic carbocycles. The Labute approximate surface area is 72.1 Å². The van der Waals surface area contributed by atoms with Crippen molar-refractivity contribution >= 4 is 0 Å². The van der Waals surface area contributed by atoms with Gasteiger partial charge in [-0.2, -0.15) is 0 Å². The lowest BCUT2D eigenvalue weighted by Crippen LogP contribution is -2.34. The molecule has 1 rings (SSSR count). The highest BCUT2D eigenvalue weighted by Crippen LogP contribution is 2.23. The van der Waals surface area contributed by atoms with E-state index in [-0.39, 0.29) is 11.0 Å². The summed E-state index contributed by atoms with van der Waals surface area (Å²) in [6.07, 6.45) is 2.64. The van der Waals surface area contributed by atoms with Crippen LogP contribution >= 0.6 is 0 Å². The molecule has 4 nitrogen and oxygen atoms in total. The van der Waals surface area contributed by atoms with Gasteiger partial charge in [0, 0.05) is 31.8 Å². The zero-order valence-electron chi connectivity index (χ0n) is 7.58. The third kappa shape index (κ3) is 2.17. The average Bonchev–Trinajstić information content (AvgIpc) is 2.38. The molecule has 0 bridgehead atoms. The van der Waals surface area contributed by atoms with Crippen LogP contribution in [0.25, 0.3) is 0 Å².